The van der Waals surface area contributed by atoms with E-state index in [9.17, 15) is 0 Å². The smallest absolute Gasteiger partial charge is 0.0726 e. The van der Waals surface area contributed by atoms with E-state index in [1.54, 1.807) is 12.1 Å². The van der Waals surface area contributed by atoms with E-state index in [2.05, 4.69) is 10.8 Å². The van der Waals surface area contributed by atoms with E-state index in [4.69, 9.17) is 0 Å². The van der Waals surface area contributed by atoms with Crippen molar-refractivity contribution in [2.75, 3.05) is 0 Å². The monoisotopic (exact) mass is 137 g/mol. The first-order valence-electron chi connectivity index (χ1n) is 2.65. The zero-order chi connectivity index (χ0) is 6.10. The molecular formula is C6H5N2S. The van der Waals surface area contributed by atoms with Gasteiger partial charge in [-0.3, -0.25) is 4.31 Å². The van der Waals surface area contributed by atoms with Crippen LogP contribution in [0.15, 0.2) is 30.2 Å². The number of nitrogens with one attached hydrogen (secondary N) is 1. The van der Waals surface area contributed by atoms with Crippen molar-refractivity contribution < 1.29 is 0 Å². The van der Waals surface area contributed by atoms with Gasteiger partial charge in [0, 0.05) is 18.5 Å². The molecule has 2 heterocycles. The lowest BCUT2D eigenvalue weighted by Gasteiger charge is -2.12. The van der Waals surface area contributed by atoms with Crippen LogP contribution in [-0.2, 0) is 0 Å². The first-order valence-corrected chi connectivity index (χ1v) is 3.42. The van der Waals surface area contributed by atoms with Crippen molar-refractivity contribution in [2.45, 2.75) is 0 Å². The third-order valence-corrected chi connectivity index (χ3v) is 1.89. The van der Waals surface area contributed by atoms with E-state index in [-0.39, 0.29) is 0 Å². The largest absolute Gasteiger partial charge is 0.316 e. The molecule has 1 N–H and O–H groups in total. The predicted molar refractivity (Wildman–Crippen MR) is 37.6 cm³/mol. The average molecular weight is 137 g/mol. The van der Waals surface area contributed by atoms with Crippen LogP contribution in [0.5, 0.6) is 0 Å². The quantitative estimate of drug-likeness (QED) is 0.505. The molecule has 0 aliphatic carbocycles. The van der Waals surface area contributed by atoms with E-state index in [1.165, 1.54) is 5.70 Å². The number of hydrogen-bond donors (Lipinski definition) is 1. The Morgan fingerprint density at radius 2 is 2.67 bits per heavy atom. The summed E-state index contributed by atoms with van der Waals surface area (Å²) in [6, 6.07) is 0. The minimum absolute atomic E-state index is 1.18. The van der Waals surface area contributed by atoms with Gasteiger partial charge in [0.25, 0.3) is 0 Å². The van der Waals surface area contributed by atoms with Crippen molar-refractivity contribution in [1.29, 1.82) is 0 Å². The molecule has 0 spiro atoms. The van der Waals surface area contributed by atoms with Crippen LogP contribution < -0.4 is 4.72 Å². The summed E-state index contributed by atoms with van der Waals surface area (Å²) in [6.45, 7) is 0. The van der Waals surface area contributed by atoms with Gasteiger partial charge in [-0.2, -0.15) is 0 Å². The van der Waals surface area contributed by atoms with E-state index in [0.29, 0.717) is 0 Å². The van der Waals surface area contributed by atoms with Gasteiger partial charge in [0.1, 0.15) is 0 Å². The fourth-order valence-electron chi connectivity index (χ4n) is 0.727. The molecule has 0 saturated heterocycles. The van der Waals surface area contributed by atoms with Crippen LogP contribution in [0.25, 0.3) is 0 Å². The minimum Gasteiger partial charge on any atom is -0.316 e. The molecule has 2 rings (SSSR count). The average Bonchev–Trinajstić information content (AvgIpc) is 2.33. The van der Waals surface area contributed by atoms with Crippen LogP contribution in [0.3, 0.4) is 0 Å². The van der Waals surface area contributed by atoms with Crippen molar-refractivity contribution in [2.24, 2.45) is 0 Å². The number of nitrogens with zero attached hydrogens (tertiary/aromatic N) is 1. The number of rotatable bonds is 0. The highest BCUT2D eigenvalue weighted by molar-refractivity contribution is 7.95. The highest BCUT2D eigenvalue weighted by Crippen LogP contribution is 2.23. The summed E-state index contributed by atoms with van der Waals surface area (Å²) in [6.07, 6.45) is 10.7. The second-order valence-corrected chi connectivity index (χ2v) is 2.54. The Kier molecular flexibility index (Phi) is 1.02. The molecule has 1 radical (unpaired) electrons. The SMILES string of the molecule is [C]1=CN2SNC=C2C=C1. The molecular weight excluding hydrogens is 132 g/mol. The molecule has 0 amide bonds. The Hall–Kier alpha value is -0.830. The van der Waals surface area contributed by atoms with Gasteiger partial charge in [-0.15, -0.1) is 0 Å². The highest BCUT2D eigenvalue weighted by Gasteiger charge is 2.11. The van der Waals surface area contributed by atoms with Gasteiger partial charge in [-0.05, 0) is 6.08 Å². The zero-order valence-electron chi connectivity index (χ0n) is 4.66. The Morgan fingerprint density at radius 1 is 1.67 bits per heavy atom. The lowest BCUT2D eigenvalue weighted by molar-refractivity contribution is 0.802. The van der Waals surface area contributed by atoms with Crippen LogP contribution in [0, 0.1) is 6.08 Å². The number of allylic oxidation sites excluding steroid dienone is 3. The summed E-state index contributed by atoms with van der Waals surface area (Å²) < 4.78 is 5.04. The summed E-state index contributed by atoms with van der Waals surface area (Å²) in [5, 5.41) is 0. The lowest BCUT2D eigenvalue weighted by Crippen LogP contribution is -2.03. The second kappa shape index (κ2) is 1.84. The molecule has 9 heavy (non-hydrogen) atoms. The Labute approximate surface area is 58.2 Å². The maximum atomic E-state index is 3.02. The topological polar surface area (TPSA) is 15.3 Å². The first-order chi connectivity index (χ1) is 4.47. The number of hydrogen-bond acceptors (Lipinski definition) is 3. The standard InChI is InChI=1S/C6H5N2S/c1-2-4-8-6(3-1)5-7-9-8/h1,3-5,7H. The number of fused-ring (bicyclic) bond motifs is 1. The van der Waals surface area contributed by atoms with Crippen LogP contribution >= 0.6 is 12.1 Å². The molecule has 45 valence electrons. The van der Waals surface area contributed by atoms with E-state index in [1.807, 2.05) is 28.9 Å². The van der Waals surface area contributed by atoms with Gasteiger partial charge in [-0.25, -0.2) is 0 Å². The minimum atomic E-state index is 1.18. The summed E-state index contributed by atoms with van der Waals surface area (Å²) in [7, 11) is 0. The molecule has 0 aromatic carbocycles. The van der Waals surface area contributed by atoms with Crippen molar-refractivity contribution >= 4 is 12.1 Å². The third kappa shape index (κ3) is 0.733. The third-order valence-electron chi connectivity index (χ3n) is 1.15. The predicted octanol–water partition coefficient (Wildman–Crippen LogP) is 1.18. The summed E-state index contributed by atoms with van der Waals surface area (Å²) in [5.74, 6) is 0. The fraction of sp³-hybridized carbons (Fsp3) is 0. The second-order valence-electron chi connectivity index (χ2n) is 1.73. The lowest BCUT2D eigenvalue weighted by atomic mass is 10.3. The Morgan fingerprint density at radius 3 is 3.56 bits per heavy atom. The molecule has 0 aromatic heterocycles. The highest BCUT2D eigenvalue weighted by atomic mass is 32.2. The van der Waals surface area contributed by atoms with Crippen molar-refractivity contribution in [3.63, 3.8) is 0 Å². The molecule has 2 aliphatic rings. The van der Waals surface area contributed by atoms with Gasteiger partial charge in [0.05, 0.1) is 17.8 Å². The van der Waals surface area contributed by atoms with Crippen LogP contribution in [0.4, 0.5) is 0 Å². The van der Waals surface area contributed by atoms with Gasteiger partial charge in [0.2, 0.25) is 0 Å². The Balaban J connectivity index is 2.33. The molecule has 0 aromatic rings. The summed E-state index contributed by atoms with van der Waals surface area (Å²) in [4.78, 5) is 0. The van der Waals surface area contributed by atoms with Crippen LogP contribution in [0.1, 0.15) is 0 Å². The van der Waals surface area contributed by atoms with Gasteiger partial charge in [0.15, 0.2) is 0 Å². The summed E-state index contributed by atoms with van der Waals surface area (Å²) >= 11 is 1.55. The fourth-order valence-corrected chi connectivity index (χ4v) is 1.35. The maximum absolute atomic E-state index is 3.02. The zero-order valence-corrected chi connectivity index (χ0v) is 5.48. The molecule has 0 atom stereocenters. The van der Waals surface area contributed by atoms with Gasteiger partial charge >= 0.3 is 0 Å². The van der Waals surface area contributed by atoms with Gasteiger partial charge in [-0.1, -0.05) is 6.08 Å². The molecule has 3 heteroatoms. The first kappa shape index (κ1) is 4.99. The van der Waals surface area contributed by atoms with E-state index < -0.39 is 0 Å². The van der Waals surface area contributed by atoms with Crippen molar-refractivity contribution in [3.05, 3.63) is 36.3 Å². The normalized spacial score (nSPS) is 21.3. The van der Waals surface area contributed by atoms with Crippen LogP contribution in [-0.4, -0.2) is 4.31 Å². The molecule has 2 nitrogen and oxygen atoms in total. The maximum Gasteiger partial charge on any atom is 0.0726 e. The molecule has 0 bridgehead atoms. The van der Waals surface area contributed by atoms with Gasteiger partial charge < -0.3 is 4.72 Å². The molecule has 0 fully saturated rings. The van der Waals surface area contributed by atoms with Crippen LogP contribution in [0.2, 0.25) is 0 Å². The van der Waals surface area contributed by atoms with E-state index in [0.717, 1.165) is 0 Å². The molecule has 0 unspecified atom stereocenters. The molecule has 2 aliphatic heterocycles. The van der Waals surface area contributed by atoms with Crippen molar-refractivity contribution in [3.8, 4) is 0 Å². The summed E-state index contributed by atoms with van der Waals surface area (Å²) in [5.41, 5.74) is 1.18. The van der Waals surface area contributed by atoms with E-state index >= 15 is 0 Å². The Bertz CT molecular complexity index is 202. The molecule has 0 saturated carbocycles. The van der Waals surface area contributed by atoms with Crippen molar-refractivity contribution in [1.82, 2.24) is 9.03 Å².